The summed E-state index contributed by atoms with van der Waals surface area (Å²) in [5.41, 5.74) is 2.48. The molecule has 100 valence electrons. The number of aryl methyl sites for hydroxylation is 1. The van der Waals surface area contributed by atoms with Crippen LogP contribution < -0.4 is 0 Å². The number of aromatic nitrogens is 2. The molecule has 3 rings (SSSR count). The van der Waals surface area contributed by atoms with Crippen molar-refractivity contribution in [2.45, 2.75) is 42.6 Å². The third-order valence-corrected chi connectivity index (χ3v) is 4.99. The van der Waals surface area contributed by atoms with Gasteiger partial charge in [-0.1, -0.05) is 18.2 Å². The van der Waals surface area contributed by atoms with Gasteiger partial charge in [-0.25, -0.2) is 0 Å². The summed E-state index contributed by atoms with van der Waals surface area (Å²) < 4.78 is 1.90. The highest BCUT2D eigenvalue weighted by Crippen LogP contribution is 2.38. The maximum Gasteiger partial charge on any atom is 0.0706 e. The number of aliphatic hydroxyl groups is 1. The third kappa shape index (κ3) is 2.69. The average molecular weight is 274 g/mol. The van der Waals surface area contributed by atoms with Gasteiger partial charge in [0.05, 0.1) is 12.3 Å². The van der Waals surface area contributed by atoms with Gasteiger partial charge in [-0.2, -0.15) is 5.10 Å². The molecule has 1 aromatic carbocycles. The number of benzene rings is 1. The Morgan fingerprint density at radius 2 is 2.32 bits per heavy atom. The molecule has 1 aliphatic heterocycles. The van der Waals surface area contributed by atoms with Gasteiger partial charge in [0.15, 0.2) is 0 Å². The molecule has 1 N–H and O–H groups in total. The summed E-state index contributed by atoms with van der Waals surface area (Å²) in [7, 11) is 0. The van der Waals surface area contributed by atoms with Gasteiger partial charge in [-0.15, -0.1) is 11.8 Å². The molecular weight excluding hydrogens is 256 g/mol. The molecule has 0 aliphatic carbocycles. The summed E-state index contributed by atoms with van der Waals surface area (Å²) in [5.74, 6) is 0. The zero-order valence-electron chi connectivity index (χ0n) is 11.0. The SMILES string of the molecule is CCn1cc(CC(O)C2Cc3ccccc3S2)cn1. The smallest absolute Gasteiger partial charge is 0.0706 e. The van der Waals surface area contributed by atoms with E-state index in [1.54, 1.807) is 11.8 Å². The van der Waals surface area contributed by atoms with Crippen LogP contribution in [0.2, 0.25) is 0 Å². The summed E-state index contributed by atoms with van der Waals surface area (Å²) in [6, 6.07) is 8.43. The highest BCUT2D eigenvalue weighted by Gasteiger charge is 2.28. The molecule has 0 saturated carbocycles. The van der Waals surface area contributed by atoms with Gasteiger partial charge < -0.3 is 5.11 Å². The number of hydrogen-bond acceptors (Lipinski definition) is 3. The number of thioether (sulfide) groups is 1. The van der Waals surface area contributed by atoms with Gasteiger partial charge >= 0.3 is 0 Å². The molecule has 4 heteroatoms. The van der Waals surface area contributed by atoms with Gasteiger partial charge in [-0.05, 0) is 30.5 Å². The lowest BCUT2D eigenvalue weighted by atomic mass is 10.0. The molecule has 19 heavy (non-hydrogen) atoms. The normalized spacial score (nSPS) is 19.4. The number of hydrogen-bond donors (Lipinski definition) is 1. The second-order valence-corrected chi connectivity index (χ2v) is 6.22. The van der Waals surface area contributed by atoms with Crippen LogP contribution in [0.15, 0.2) is 41.6 Å². The fourth-order valence-electron chi connectivity index (χ4n) is 2.48. The molecule has 0 bridgehead atoms. The number of rotatable bonds is 4. The van der Waals surface area contributed by atoms with Crippen molar-refractivity contribution in [1.82, 2.24) is 9.78 Å². The predicted molar refractivity (Wildman–Crippen MR) is 77.4 cm³/mol. The van der Waals surface area contributed by atoms with Crippen LogP contribution in [0, 0.1) is 0 Å². The number of nitrogens with zero attached hydrogens (tertiary/aromatic N) is 2. The van der Waals surface area contributed by atoms with E-state index < -0.39 is 0 Å². The second kappa shape index (κ2) is 5.39. The van der Waals surface area contributed by atoms with Crippen molar-refractivity contribution in [3.63, 3.8) is 0 Å². The highest BCUT2D eigenvalue weighted by atomic mass is 32.2. The van der Waals surface area contributed by atoms with Crippen molar-refractivity contribution in [1.29, 1.82) is 0 Å². The Morgan fingerprint density at radius 1 is 1.47 bits per heavy atom. The molecule has 2 atom stereocenters. The Morgan fingerprint density at radius 3 is 3.05 bits per heavy atom. The Hall–Kier alpha value is -1.26. The first-order valence-corrected chi connectivity index (χ1v) is 7.58. The number of aliphatic hydroxyl groups excluding tert-OH is 1. The number of fused-ring (bicyclic) bond motifs is 1. The van der Waals surface area contributed by atoms with Crippen LogP contribution >= 0.6 is 11.8 Å². The molecule has 0 saturated heterocycles. The maximum absolute atomic E-state index is 10.4. The van der Waals surface area contributed by atoms with Gasteiger partial charge in [0.1, 0.15) is 0 Å². The van der Waals surface area contributed by atoms with Crippen LogP contribution in [-0.2, 0) is 19.4 Å². The Balaban J connectivity index is 1.65. The van der Waals surface area contributed by atoms with Gasteiger partial charge in [0, 0.05) is 29.3 Å². The van der Waals surface area contributed by atoms with Crippen molar-refractivity contribution in [2.75, 3.05) is 0 Å². The average Bonchev–Trinajstić information content (AvgIpc) is 3.04. The van der Waals surface area contributed by atoms with E-state index in [2.05, 4.69) is 36.3 Å². The summed E-state index contributed by atoms with van der Waals surface area (Å²) in [4.78, 5) is 1.32. The topological polar surface area (TPSA) is 38.0 Å². The van der Waals surface area contributed by atoms with E-state index in [1.807, 2.05) is 17.1 Å². The van der Waals surface area contributed by atoms with Crippen LogP contribution in [0.3, 0.4) is 0 Å². The first kappa shape index (κ1) is 12.8. The van der Waals surface area contributed by atoms with E-state index in [-0.39, 0.29) is 11.4 Å². The van der Waals surface area contributed by atoms with Crippen molar-refractivity contribution >= 4 is 11.8 Å². The Bertz CT molecular complexity index is 542. The molecule has 0 fully saturated rings. The van der Waals surface area contributed by atoms with Crippen LogP contribution in [0.1, 0.15) is 18.1 Å². The lowest BCUT2D eigenvalue weighted by molar-refractivity contribution is 0.172. The van der Waals surface area contributed by atoms with Crippen molar-refractivity contribution in [3.05, 3.63) is 47.8 Å². The molecule has 0 spiro atoms. The van der Waals surface area contributed by atoms with E-state index in [0.29, 0.717) is 6.42 Å². The monoisotopic (exact) mass is 274 g/mol. The summed E-state index contributed by atoms with van der Waals surface area (Å²) in [6.07, 6.45) is 5.22. The summed E-state index contributed by atoms with van der Waals surface area (Å²) in [5, 5.41) is 14.9. The first-order valence-electron chi connectivity index (χ1n) is 6.70. The highest BCUT2D eigenvalue weighted by molar-refractivity contribution is 8.00. The second-order valence-electron chi connectivity index (χ2n) is 4.94. The summed E-state index contributed by atoms with van der Waals surface area (Å²) >= 11 is 1.80. The minimum absolute atomic E-state index is 0.266. The lowest BCUT2D eigenvalue weighted by Gasteiger charge is -2.15. The standard InChI is InChI=1S/C15H18N2OS/c1-2-17-10-11(9-16-17)7-13(18)15-8-12-5-3-4-6-14(12)19-15/h3-6,9-10,13,15,18H,2,7-8H2,1H3. The fourth-order valence-corrected chi connectivity index (χ4v) is 3.78. The first-order chi connectivity index (χ1) is 9.26. The zero-order chi connectivity index (χ0) is 13.2. The van der Waals surface area contributed by atoms with Gasteiger partial charge in [-0.3, -0.25) is 4.68 Å². The molecule has 3 nitrogen and oxygen atoms in total. The van der Waals surface area contributed by atoms with Crippen molar-refractivity contribution in [3.8, 4) is 0 Å². The largest absolute Gasteiger partial charge is 0.392 e. The molecule has 0 radical (unpaired) electrons. The van der Waals surface area contributed by atoms with E-state index in [1.165, 1.54) is 10.5 Å². The minimum Gasteiger partial charge on any atom is -0.392 e. The molecule has 2 heterocycles. The van der Waals surface area contributed by atoms with Crippen LogP contribution in [0.5, 0.6) is 0 Å². The molecule has 2 unspecified atom stereocenters. The zero-order valence-corrected chi connectivity index (χ0v) is 11.8. The lowest BCUT2D eigenvalue weighted by Crippen LogP contribution is -2.24. The van der Waals surface area contributed by atoms with Gasteiger partial charge in [0.25, 0.3) is 0 Å². The Labute approximate surface area is 117 Å². The van der Waals surface area contributed by atoms with E-state index >= 15 is 0 Å². The molecule has 0 amide bonds. The van der Waals surface area contributed by atoms with E-state index in [0.717, 1.165) is 18.5 Å². The quantitative estimate of drug-likeness (QED) is 0.931. The summed E-state index contributed by atoms with van der Waals surface area (Å²) in [6.45, 7) is 2.94. The van der Waals surface area contributed by atoms with E-state index in [4.69, 9.17) is 0 Å². The third-order valence-electron chi connectivity index (χ3n) is 3.56. The molecule has 1 aliphatic rings. The Kier molecular flexibility index (Phi) is 3.62. The maximum atomic E-state index is 10.4. The van der Waals surface area contributed by atoms with Crippen LogP contribution in [0.4, 0.5) is 0 Å². The van der Waals surface area contributed by atoms with Crippen molar-refractivity contribution < 1.29 is 5.11 Å². The fraction of sp³-hybridized carbons (Fsp3) is 0.400. The van der Waals surface area contributed by atoms with Crippen LogP contribution in [0.25, 0.3) is 0 Å². The van der Waals surface area contributed by atoms with Gasteiger partial charge in [0.2, 0.25) is 0 Å². The molecule has 1 aromatic heterocycles. The molecule has 2 aromatic rings. The minimum atomic E-state index is -0.313. The predicted octanol–water partition coefficient (Wildman–Crippen LogP) is 2.52. The van der Waals surface area contributed by atoms with Crippen LogP contribution in [-0.4, -0.2) is 26.2 Å². The molecular formula is C15H18N2OS. The van der Waals surface area contributed by atoms with Crippen molar-refractivity contribution in [2.24, 2.45) is 0 Å². The van der Waals surface area contributed by atoms with E-state index in [9.17, 15) is 5.11 Å².